The predicted molar refractivity (Wildman–Crippen MR) is 65.5 cm³/mol. The molecule has 1 saturated heterocycles. The Bertz CT molecular complexity index is 375. The number of nitrogens with zero attached hydrogens (tertiary/aromatic N) is 2. The van der Waals surface area contributed by atoms with Crippen LogP contribution in [0.1, 0.15) is 11.4 Å². The van der Waals surface area contributed by atoms with E-state index < -0.39 is 0 Å². The SMILES string of the molecule is Cc1ccc(C)n1NCC(=O)N1CCOCC1. The molecule has 1 aliphatic heterocycles. The zero-order chi connectivity index (χ0) is 12.3. The lowest BCUT2D eigenvalue weighted by Gasteiger charge is -2.27. The van der Waals surface area contributed by atoms with Gasteiger partial charge in [0.15, 0.2) is 0 Å². The van der Waals surface area contributed by atoms with Gasteiger partial charge in [-0.3, -0.25) is 9.47 Å². The first-order valence-corrected chi connectivity index (χ1v) is 5.93. The number of carbonyl (C=O) groups excluding carboxylic acids is 1. The summed E-state index contributed by atoms with van der Waals surface area (Å²) in [6, 6.07) is 4.06. The summed E-state index contributed by atoms with van der Waals surface area (Å²) in [6.07, 6.45) is 0. The highest BCUT2D eigenvalue weighted by Crippen LogP contribution is 2.04. The van der Waals surface area contributed by atoms with Gasteiger partial charge in [0.05, 0.1) is 13.2 Å². The fraction of sp³-hybridized carbons (Fsp3) is 0.583. The van der Waals surface area contributed by atoms with E-state index in [1.165, 1.54) is 0 Å². The van der Waals surface area contributed by atoms with Crippen LogP contribution in [-0.2, 0) is 9.53 Å². The van der Waals surface area contributed by atoms with E-state index in [0.29, 0.717) is 32.8 Å². The Morgan fingerprint density at radius 3 is 2.47 bits per heavy atom. The van der Waals surface area contributed by atoms with Gasteiger partial charge in [-0.25, -0.2) is 0 Å². The summed E-state index contributed by atoms with van der Waals surface area (Å²) in [4.78, 5) is 13.7. The summed E-state index contributed by atoms with van der Waals surface area (Å²) in [6.45, 7) is 7.05. The van der Waals surface area contributed by atoms with Gasteiger partial charge >= 0.3 is 0 Å². The highest BCUT2D eigenvalue weighted by Gasteiger charge is 2.16. The Labute approximate surface area is 101 Å². The van der Waals surface area contributed by atoms with Gasteiger partial charge in [-0.15, -0.1) is 0 Å². The summed E-state index contributed by atoms with van der Waals surface area (Å²) in [5.74, 6) is 0.126. The molecule has 0 saturated carbocycles. The van der Waals surface area contributed by atoms with E-state index in [2.05, 4.69) is 5.43 Å². The van der Waals surface area contributed by atoms with Crippen molar-refractivity contribution in [1.29, 1.82) is 0 Å². The molecular weight excluding hydrogens is 218 g/mol. The van der Waals surface area contributed by atoms with Crippen molar-refractivity contribution < 1.29 is 9.53 Å². The minimum atomic E-state index is 0.126. The van der Waals surface area contributed by atoms with Crippen molar-refractivity contribution >= 4 is 5.91 Å². The average molecular weight is 237 g/mol. The molecular formula is C12H19N3O2. The van der Waals surface area contributed by atoms with Gasteiger partial charge in [-0.05, 0) is 26.0 Å². The van der Waals surface area contributed by atoms with Gasteiger partial charge in [-0.2, -0.15) is 0 Å². The van der Waals surface area contributed by atoms with E-state index in [1.54, 1.807) is 0 Å². The standard InChI is InChI=1S/C12H19N3O2/c1-10-3-4-11(2)15(10)13-9-12(16)14-5-7-17-8-6-14/h3-4,13H,5-9H2,1-2H3. The molecule has 1 amide bonds. The molecule has 1 aliphatic rings. The molecule has 0 atom stereocenters. The monoisotopic (exact) mass is 237 g/mol. The molecule has 2 heterocycles. The van der Waals surface area contributed by atoms with Gasteiger partial charge in [0.1, 0.15) is 6.54 Å². The zero-order valence-corrected chi connectivity index (χ0v) is 10.4. The molecule has 0 aliphatic carbocycles. The third-order valence-corrected chi connectivity index (χ3v) is 3.02. The van der Waals surface area contributed by atoms with Gasteiger partial charge in [0.25, 0.3) is 0 Å². The number of ether oxygens (including phenoxy) is 1. The number of aromatic nitrogens is 1. The van der Waals surface area contributed by atoms with Crippen molar-refractivity contribution in [1.82, 2.24) is 9.58 Å². The van der Waals surface area contributed by atoms with E-state index in [-0.39, 0.29) is 5.91 Å². The second-order valence-electron chi connectivity index (χ2n) is 4.28. The molecule has 5 nitrogen and oxygen atoms in total. The van der Waals surface area contributed by atoms with Crippen molar-refractivity contribution in [3.63, 3.8) is 0 Å². The molecule has 1 aromatic heterocycles. The lowest BCUT2D eigenvalue weighted by Crippen LogP contribution is -2.44. The smallest absolute Gasteiger partial charge is 0.243 e. The molecule has 2 rings (SSSR count). The first-order valence-electron chi connectivity index (χ1n) is 5.93. The van der Waals surface area contributed by atoms with Crippen LogP contribution < -0.4 is 5.43 Å². The number of hydrogen-bond donors (Lipinski definition) is 1. The number of amides is 1. The van der Waals surface area contributed by atoms with Gasteiger partial charge in [0, 0.05) is 24.5 Å². The maximum Gasteiger partial charge on any atom is 0.243 e. The van der Waals surface area contributed by atoms with Crippen LogP contribution in [0.5, 0.6) is 0 Å². The number of carbonyl (C=O) groups is 1. The van der Waals surface area contributed by atoms with Crippen molar-refractivity contribution in [2.24, 2.45) is 0 Å². The molecule has 0 radical (unpaired) electrons. The highest BCUT2D eigenvalue weighted by molar-refractivity contribution is 5.79. The molecule has 17 heavy (non-hydrogen) atoms. The summed E-state index contributed by atoms with van der Waals surface area (Å²) in [7, 11) is 0. The Hall–Kier alpha value is -1.49. The van der Waals surface area contributed by atoms with Gasteiger partial charge in [-0.1, -0.05) is 0 Å². The van der Waals surface area contributed by atoms with E-state index in [4.69, 9.17) is 4.74 Å². The minimum Gasteiger partial charge on any atom is -0.378 e. The Morgan fingerprint density at radius 1 is 1.29 bits per heavy atom. The molecule has 0 aromatic carbocycles. The van der Waals surface area contributed by atoms with Crippen LogP contribution in [0.2, 0.25) is 0 Å². The maximum atomic E-state index is 11.9. The van der Waals surface area contributed by atoms with E-state index in [9.17, 15) is 4.79 Å². The maximum absolute atomic E-state index is 11.9. The van der Waals surface area contributed by atoms with Crippen LogP contribution >= 0.6 is 0 Å². The van der Waals surface area contributed by atoms with Crippen LogP contribution in [0, 0.1) is 13.8 Å². The third kappa shape index (κ3) is 2.79. The van der Waals surface area contributed by atoms with Crippen molar-refractivity contribution in [2.75, 3.05) is 38.3 Å². The summed E-state index contributed by atoms with van der Waals surface area (Å²) < 4.78 is 7.16. The number of morpholine rings is 1. The van der Waals surface area contributed by atoms with Gasteiger partial charge < -0.3 is 15.1 Å². The topological polar surface area (TPSA) is 46.5 Å². The Balaban J connectivity index is 1.87. The molecule has 0 spiro atoms. The number of hydrogen-bond acceptors (Lipinski definition) is 3. The van der Waals surface area contributed by atoms with E-state index >= 15 is 0 Å². The first kappa shape index (κ1) is 12.0. The molecule has 1 fully saturated rings. The van der Waals surface area contributed by atoms with Gasteiger partial charge in [0.2, 0.25) is 5.91 Å². The van der Waals surface area contributed by atoms with Crippen molar-refractivity contribution in [3.8, 4) is 0 Å². The first-order chi connectivity index (χ1) is 8.18. The fourth-order valence-corrected chi connectivity index (χ4v) is 1.99. The number of aryl methyl sites for hydroxylation is 2. The van der Waals surface area contributed by atoms with Crippen LogP contribution in [0.15, 0.2) is 12.1 Å². The molecule has 0 bridgehead atoms. The van der Waals surface area contributed by atoms with Crippen LogP contribution in [-0.4, -0.2) is 48.3 Å². The summed E-state index contributed by atoms with van der Waals surface area (Å²) >= 11 is 0. The van der Waals surface area contributed by atoms with Crippen molar-refractivity contribution in [2.45, 2.75) is 13.8 Å². The second kappa shape index (κ2) is 5.23. The molecule has 1 aromatic rings. The Morgan fingerprint density at radius 2 is 1.88 bits per heavy atom. The number of rotatable bonds is 3. The lowest BCUT2D eigenvalue weighted by atomic mass is 10.4. The van der Waals surface area contributed by atoms with E-state index in [1.807, 2.05) is 35.6 Å². The summed E-state index contributed by atoms with van der Waals surface area (Å²) in [5.41, 5.74) is 5.36. The second-order valence-corrected chi connectivity index (χ2v) is 4.28. The lowest BCUT2D eigenvalue weighted by molar-refractivity contribution is -0.133. The quantitative estimate of drug-likeness (QED) is 0.833. The van der Waals surface area contributed by atoms with Crippen LogP contribution in [0.3, 0.4) is 0 Å². The Kier molecular flexibility index (Phi) is 3.68. The largest absolute Gasteiger partial charge is 0.378 e. The molecule has 0 unspecified atom stereocenters. The average Bonchev–Trinajstić information content (AvgIpc) is 2.67. The normalized spacial score (nSPS) is 16.0. The molecule has 1 N–H and O–H groups in total. The fourth-order valence-electron chi connectivity index (χ4n) is 1.99. The van der Waals surface area contributed by atoms with Crippen LogP contribution in [0.25, 0.3) is 0 Å². The molecule has 94 valence electrons. The molecule has 5 heteroatoms. The predicted octanol–water partition coefficient (Wildman–Crippen LogP) is 0.507. The van der Waals surface area contributed by atoms with Crippen molar-refractivity contribution in [3.05, 3.63) is 23.5 Å². The minimum absolute atomic E-state index is 0.126. The third-order valence-electron chi connectivity index (χ3n) is 3.02. The number of nitrogens with one attached hydrogen (secondary N) is 1. The van der Waals surface area contributed by atoms with E-state index in [0.717, 1.165) is 11.4 Å². The highest BCUT2D eigenvalue weighted by atomic mass is 16.5. The zero-order valence-electron chi connectivity index (χ0n) is 10.4. The summed E-state index contributed by atoms with van der Waals surface area (Å²) in [5, 5.41) is 0. The van der Waals surface area contributed by atoms with Crippen LogP contribution in [0.4, 0.5) is 0 Å².